The zero-order valence-corrected chi connectivity index (χ0v) is 15.3. The van der Waals surface area contributed by atoms with E-state index in [2.05, 4.69) is 30.3 Å². The Balaban J connectivity index is 1.50. The van der Waals surface area contributed by atoms with Crippen molar-refractivity contribution in [2.24, 2.45) is 23.7 Å². The monoisotopic (exact) mass is 355 g/mol. The standard InChI is InChI=1S/C22H29NO3/c24-19-6-7-23(13-19)20(25)12-22(16-4-2-1-3-5-16)17-8-14-9-18(22)11-15(10-17)21(14)26/h1-5,14-15,17-19,21,24,26H,6-13H2/t14?,15?,17?,18?,19-,21?,22?/m0/s1. The topological polar surface area (TPSA) is 60.8 Å². The van der Waals surface area contributed by atoms with Crippen molar-refractivity contribution in [2.45, 2.75) is 56.1 Å². The van der Waals surface area contributed by atoms with E-state index < -0.39 is 0 Å². The van der Waals surface area contributed by atoms with Gasteiger partial charge in [0.05, 0.1) is 12.2 Å². The molecule has 0 aromatic heterocycles. The predicted octanol–water partition coefficient (Wildman–Crippen LogP) is 2.33. The van der Waals surface area contributed by atoms with E-state index >= 15 is 0 Å². The number of rotatable bonds is 3. The highest BCUT2D eigenvalue weighted by Gasteiger charge is 2.61. The molecule has 2 N–H and O–H groups in total. The van der Waals surface area contributed by atoms with Gasteiger partial charge >= 0.3 is 0 Å². The second-order valence-corrected chi connectivity index (χ2v) is 9.21. The van der Waals surface area contributed by atoms with Crippen LogP contribution in [-0.2, 0) is 10.2 Å². The van der Waals surface area contributed by atoms with E-state index in [-0.39, 0.29) is 23.5 Å². The lowest BCUT2D eigenvalue weighted by molar-refractivity contribution is -0.152. The third kappa shape index (κ3) is 2.38. The first-order chi connectivity index (χ1) is 12.6. The molecule has 4 nitrogen and oxygen atoms in total. The molecule has 1 aliphatic heterocycles. The van der Waals surface area contributed by atoms with Gasteiger partial charge in [0, 0.05) is 24.9 Å². The number of carbonyl (C=O) groups excluding carboxylic acids is 1. The summed E-state index contributed by atoms with van der Waals surface area (Å²) in [6.45, 7) is 1.17. The van der Waals surface area contributed by atoms with Gasteiger partial charge < -0.3 is 15.1 Å². The van der Waals surface area contributed by atoms with E-state index in [1.165, 1.54) is 5.56 Å². The molecule has 4 saturated carbocycles. The molecule has 4 heteroatoms. The Morgan fingerprint density at radius 1 is 1.04 bits per heavy atom. The van der Waals surface area contributed by atoms with Crippen molar-refractivity contribution in [1.82, 2.24) is 4.90 Å². The van der Waals surface area contributed by atoms with Gasteiger partial charge in [-0.3, -0.25) is 4.79 Å². The van der Waals surface area contributed by atoms with Crippen LogP contribution in [0.25, 0.3) is 0 Å². The smallest absolute Gasteiger partial charge is 0.223 e. The number of likely N-dealkylation sites (tertiary alicyclic amines) is 1. The first-order valence-corrected chi connectivity index (χ1v) is 10.3. The largest absolute Gasteiger partial charge is 0.393 e. The summed E-state index contributed by atoms with van der Waals surface area (Å²) in [7, 11) is 0. The zero-order valence-electron chi connectivity index (χ0n) is 15.3. The van der Waals surface area contributed by atoms with Crippen LogP contribution in [0.1, 0.15) is 44.1 Å². The third-order valence-electron chi connectivity index (χ3n) is 8.04. The van der Waals surface area contributed by atoms with Crippen LogP contribution in [0.5, 0.6) is 0 Å². The second kappa shape index (κ2) is 6.07. The lowest BCUT2D eigenvalue weighted by Gasteiger charge is -2.63. The molecule has 1 atom stereocenters. The Hall–Kier alpha value is -1.39. The zero-order chi connectivity index (χ0) is 17.9. The predicted molar refractivity (Wildman–Crippen MR) is 98.4 cm³/mol. The van der Waals surface area contributed by atoms with Gasteiger partial charge in [-0.15, -0.1) is 0 Å². The van der Waals surface area contributed by atoms with Crippen LogP contribution in [0, 0.1) is 23.7 Å². The van der Waals surface area contributed by atoms with Crippen molar-refractivity contribution in [3.8, 4) is 0 Å². The second-order valence-electron chi connectivity index (χ2n) is 9.21. The van der Waals surface area contributed by atoms with Crippen molar-refractivity contribution in [2.75, 3.05) is 13.1 Å². The normalized spacial score (nSPS) is 43.8. The Kier molecular flexibility index (Phi) is 3.91. The van der Waals surface area contributed by atoms with Gasteiger partial charge in [-0.2, -0.15) is 0 Å². The number of hydrogen-bond acceptors (Lipinski definition) is 3. The molecule has 0 radical (unpaired) electrons. The molecule has 1 amide bonds. The molecular formula is C22H29NO3. The minimum Gasteiger partial charge on any atom is -0.393 e. The molecule has 140 valence electrons. The quantitative estimate of drug-likeness (QED) is 0.875. The van der Waals surface area contributed by atoms with Crippen molar-refractivity contribution >= 4 is 5.91 Å². The van der Waals surface area contributed by atoms with Crippen molar-refractivity contribution in [3.05, 3.63) is 35.9 Å². The minimum atomic E-state index is -0.361. The molecule has 1 saturated heterocycles. The summed E-state index contributed by atoms with van der Waals surface area (Å²) in [6, 6.07) is 10.7. The van der Waals surface area contributed by atoms with Crippen LogP contribution in [0.3, 0.4) is 0 Å². The maximum absolute atomic E-state index is 13.2. The van der Waals surface area contributed by atoms with Gasteiger partial charge in [-0.1, -0.05) is 30.3 Å². The fraction of sp³-hybridized carbons (Fsp3) is 0.682. The van der Waals surface area contributed by atoms with Crippen LogP contribution in [-0.4, -0.2) is 46.3 Å². The Morgan fingerprint density at radius 2 is 1.65 bits per heavy atom. The summed E-state index contributed by atoms with van der Waals surface area (Å²) >= 11 is 0. The van der Waals surface area contributed by atoms with Gasteiger partial charge in [-0.05, 0) is 61.3 Å². The highest BCUT2D eigenvalue weighted by Crippen LogP contribution is 2.64. The minimum absolute atomic E-state index is 0.0843. The summed E-state index contributed by atoms with van der Waals surface area (Å²) in [4.78, 5) is 15.1. The van der Waals surface area contributed by atoms with Crippen LogP contribution in [0.2, 0.25) is 0 Å². The summed E-state index contributed by atoms with van der Waals surface area (Å²) in [5, 5.41) is 20.4. The van der Waals surface area contributed by atoms with Crippen LogP contribution in [0.4, 0.5) is 0 Å². The number of carbonyl (C=O) groups is 1. The van der Waals surface area contributed by atoms with Gasteiger partial charge in [0.15, 0.2) is 0 Å². The molecule has 1 aromatic carbocycles. The molecule has 1 aromatic rings. The number of benzene rings is 1. The molecule has 0 spiro atoms. The summed E-state index contributed by atoms with van der Waals surface area (Å²) in [6.07, 6.45) is 5.00. The SMILES string of the molecule is O=C(CC1(c2ccccc2)C2CC3CC1CC(C2)C3O)N1CC[C@H](O)C1. The van der Waals surface area contributed by atoms with Gasteiger partial charge in [0.1, 0.15) is 0 Å². The van der Waals surface area contributed by atoms with Crippen LogP contribution >= 0.6 is 0 Å². The van der Waals surface area contributed by atoms with Crippen LogP contribution < -0.4 is 0 Å². The van der Waals surface area contributed by atoms with Gasteiger partial charge in [0.25, 0.3) is 0 Å². The highest BCUT2D eigenvalue weighted by atomic mass is 16.3. The third-order valence-corrected chi connectivity index (χ3v) is 8.04. The Morgan fingerprint density at radius 3 is 2.19 bits per heavy atom. The molecular weight excluding hydrogens is 326 g/mol. The highest BCUT2D eigenvalue weighted by molar-refractivity contribution is 5.78. The Labute approximate surface area is 155 Å². The molecule has 0 unspecified atom stereocenters. The number of aliphatic hydroxyl groups is 2. The van der Waals surface area contributed by atoms with Crippen LogP contribution in [0.15, 0.2) is 30.3 Å². The average molecular weight is 355 g/mol. The fourth-order valence-electron chi connectivity index (χ4n) is 6.90. The van der Waals surface area contributed by atoms with Crippen molar-refractivity contribution in [3.63, 3.8) is 0 Å². The van der Waals surface area contributed by atoms with Gasteiger partial charge in [0.2, 0.25) is 5.91 Å². The molecule has 1 heterocycles. The first kappa shape index (κ1) is 16.8. The van der Waals surface area contributed by atoms with E-state index in [1.54, 1.807) is 0 Å². The number of aliphatic hydroxyl groups excluding tert-OH is 2. The van der Waals surface area contributed by atoms with Crippen molar-refractivity contribution in [1.29, 1.82) is 0 Å². The van der Waals surface area contributed by atoms with E-state index in [1.807, 2.05) is 4.90 Å². The maximum atomic E-state index is 13.2. The first-order valence-electron chi connectivity index (χ1n) is 10.3. The maximum Gasteiger partial charge on any atom is 0.223 e. The lowest BCUT2D eigenvalue weighted by Crippen LogP contribution is -2.61. The average Bonchev–Trinajstić information content (AvgIpc) is 3.07. The molecule has 6 rings (SSSR count). The summed E-state index contributed by atoms with van der Waals surface area (Å²) < 4.78 is 0. The van der Waals surface area contributed by atoms with Gasteiger partial charge in [-0.25, -0.2) is 0 Å². The van der Waals surface area contributed by atoms with E-state index in [4.69, 9.17) is 0 Å². The van der Waals surface area contributed by atoms with Crippen molar-refractivity contribution < 1.29 is 15.0 Å². The number of nitrogens with zero attached hydrogens (tertiary/aromatic N) is 1. The molecule has 4 bridgehead atoms. The summed E-state index contributed by atoms with van der Waals surface area (Å²) in [5.41, 5.74) is 1.23. The van der Waals surface area contributed by atoms with E-state index in [0.29, 0.717) is 49.6 Å². The number of hydrogen-bond donors (Lipinski definition) is 2. The van der Waals surface area contributed by atoms with E-state index in [9.17, 15) is 15.0 Å². The molecule has 5 aliphatic rings. The number of amides is 1. The number of β-amino-alcohol motifs (C(OH)–C–C–N with tert-alkyl or cyclic N) is 1. The lowest BCUT2D eigenvalue weighted by atomic mass is 9.42. The Bertz CT molecular complexity index is 658. The van der Waals surface area contributed by atoms with E-state index in [0.717, 1.165) is 25.7 Å². The molecule has 26 heavy (non-hydrogen) atoms. The fourth-order valence-corrected chi connectivity index (χ4v) is 6.90. The molecule has 5 fully saturated rings. The summed E-state index contributed by atoms with van der Waals surface area (Å²) in [5.74, 6) is 2.05. The molecule has 4 aliphatic carbocycles.